The smallest absolute Gasteiger partial charge is 0.299 e. The van der Waals surface area contributed by atoms with Crippen molar-refractivity contribution in [2.24, 2.45) is 0 Å². The molecule has 0 bridgehead atoms. The van der Waals surface area contributed by atoms with Crippen LogP contribution >= 0.6 is 0 Å². The van der Waals surface area contributed by atoms with Gasteiger partial charge in [0.25, 0.3) is 10.1 Å². The molecular formula is C12H16O4S. The van der Waals surface area contributed by atoms with Crippen LogP contribution in [0.3, 0.4) is 0 Å². The molecule has 5 heteroatoms. The summed E-state index contributed by atoms with van der Waals surface area (Å²) in [5.74, 6) is 0. The van der Waals surface area contributed by atoms with Gasteiger partial charge in [-0.25, -0.2) is 0 Å². The normalized spacial score (nSPS) is 24.4. The van der Waals surface area contributed by atoms with E-state index in [1.54, 1.807) is 19.1 Å². The topological polar surface area (TPSA) is 63.6 Å². The van der Waals surface area contributed by atoms with E-state index in [0.29, 0.717) is 18.4 Å². The molecule has 1 N–H and O–H groups in total. The van der Waals surface area contributed by atoms with Crippen LogP contribution in [0, 0.1) is 0 Å². The van der Waals surface area contributed by atoms with E-state index in [4.69, 9.17) is 4.74 Å². The fraction of sp³-hybridized carbons (Fsp3) is 0.500. The SMILES string of the molecule is CCOC1(S(=O)(=O)O)CCCc2ccccc21. The van der Waals surface area contributed by atoms with Gasteiger partial charge in [0.1, 0.15) is 0 Å². The third-order valence-electron chi connectivity index (χ3n) is 3.17. The lowest BCUT2D eigenvalue weighted by Gasteiger charge is -2.35. The molecule has 1 aromatic carbocycles. The molecule has 1 atom stereocenters. The average Bonchev–Trinajstić information content (AvgIpc) is 2.28. The molecule has 2 rings (SSSR count). The van der Waals surface area contributed by atoms with Crippen LogP contribution < -0.4 is 0 Å². The summed E-state index contributed by atoms with van der Waals surface area (Å²) in [5, 5.41) is 0. The molecule has 1 aliphatic rings. The summed E-state index contributed by atoms with van der Waals surface area (Å²) in [7, 11) is -4.29. The van der Waals surface area contributed by atoms with Crippen molar-refractivity contribution in [2.75, 3.05) is 6.61 Å². The van der Waals surface area contributed by atoms with E-state index in [1.807, 2.05) is 12.1 Å². The standard InChI is InChI=1S/C12H16O4S/c1-2-16-12(17(13,14)15)9-5-7-10-6-3-4-8-11(10)12/h3-4,6,8H,2,5,7,9H2,1H3,(H,13,14,15). The zero-order valence-electron chi connectivity index (χ0n) is 9.72. The van der Waals surface area contributed by atoms with Gasteiger partial charge in [0.05, 0.1) is 0 Å². The van der Waals surface area contributed by atoms with E-state index >= 15 is 0 Å². The number of hydrogen-bond acceptors (Lipinski definition) is 3. The lowest BCUT2D eigenvalue weighted by Crippen LogP contribution is -2.41. The van der Waals surface area contributed by atoms with Crippen LogP contribution in [0.2, 0.25) is 0 Å². The molecule has 0 fully saturated rings. The lowest BCUT2D eigenvalue weighted by molar-refractivity contribution is 0.00389. The summed E-state index contributed by atoms with van der Waals surface area (Å²) >= 11 is 0. The lowest BCUT2D eigenvalue weighted by atomic mass is 9.89. The van der Waals surface area contributed by atoms with E-state index < -0.39 is 15.1 Å². The molecule has 1 unspecified atom stereocenters. The van der Waals surface area contributed by atoms with Gasteiger partial charge in [0, 0.05) is 12.2 Å². The minimum absolute atomic E-state index is 0.244. The first-order chi connectivity index (χ1) is 8.01. The van der Waals surface area contributed by atoms with Gasteiger partial charge in [-0.05, 0) is 31.7 Å². The van der Waals surface area contributed by atoms with Gasteiger partial charge in [-0.1, -0.05) is 24.3 Å². The summed E-state index contributed by atoms with van der Waals surface area (Å²) in [6, 6.07) is 7.24. The molecule has 17 heavy (non-hydrogen) atoms. The monoisotopic (exact) mass is 256 g/mol. The number of aryl methyl sites for hydroxylation is 1. The van der Waals surface area contributed by atoms with Crippen LogP contribution in [-0.2, 0) is 26.2 Å². The Morgan fingerprint density at radius 2 is 2.12 bits per heavy atom. The first kappa shape index (κ1) is 12.5. The molecular weight excluding hydrogens is 240 g/mol. The van der Waals surface area contributed by atoms with Gasteiger partial charge in [-0.3, -0.25) is 4.55 Å². The highest BCUT2D eigenvalue weighted by molar-refractivity contribution is 7.86. The zero-order chi connectivity index (χ0) is 12.5. The molecule has 4 nitrogen and oxygen atoms in total. The molecule has 0 spiro atoms. The van der Waals surface area contributed by atoms with Gasteiger partial charge < -0.3 is 4.74 Å². The maximum absolute atomic E-state index is 11.7. The second-order valence-corrected chi connectivity index (χ2v) is 5.78. The molecule has 0 aromatic heterocycles. The van der Waals surface area contributed by atoms with E-state index in [9.17, 15) is 13.0 Å². The van der Waals surface area contributed by atoms with Gasteiger partial charge in [-0.2, -0.15) is 8.42 Å². The minimum Gasteiger partial charge on any atom is -0.353 e. The van der Waals surface area contributed by atoms with Crippen molar-refractivity contribution < 1.29 is 17.7 Å². The van der Waals surface area contributed by atoms with E-state index in [0.717, 1.165) is 12.0 Å². The summed E-state index contributed by atoms with van der Waals surface area (Å²) in [6.07, 6.45) is 1.81. The molecule has 1 aliphatic carbocycles. The van der Waals surface area contributed by atoms with E-state index in [1.165, 1.54) is 0 Å². The number of hydrogen-bond donors (Lipinski definition) is 1. The minimum atomic E-state index is -4.29. The molecule has 1 aromatic rings. The average molecular weight is 256 g/mol. The van der Waals surface area contributed by atoms with Crippen LogP contribution in [0.4, 0.5) is 0 Å². The summed E-state index contributed by atoms with van der Waals surface area (Å²) in [5.41, 5.74) is 1.51. The van der Waals surface area contributed by atoms with Crippen LogP contribution in [0.1, 0.15) is 30.9 Å². The first-order valence-electron chi connectivity index (χ1n) is 5.70. The number of ether oxygens (including phenoxy) is 1. The van der Waals surface area contributed by atoms with Gasteiger partial charge in [0.2, 0.25) is 4.93 Å². The predicted octanol–water partition coefficient (Wildman–Crippen LogP) is 2.10. The van der Waals surface area contributed by atoms with Crippen LogP contribution in [0.5, 0.6) is 0 Å². The van der Waals surface area contributed by atoms with Crippen molar-refractivity contribution in [2.45, 2.75) is 31.1 Å². The molecule has 94 valence electrons. The van der Waals surface area contributed by atoms with Crippen LogP contribution in [0.15, 0.2) is 24.3 Å². The Balaban J connectivity index is 2.64. The molecule has 0 heterocycles. The highest BCUT2D eigenvalue weighted by Gasteiger charge is 2.48. The Labute approximate surface area is 101 Å². The number of fused-ring (bicyclic) bond motifs is 1. The Kier molecular flexibility index (Phi) is 3.25. The fourth-order valence-corrected chi connectivity index (χ4v) is 3.63. The largest absolute Gasteiger partial charge is 0.353 e. The Hall–Kier alpha value is -0.910. The van der Waals surface area contributed by atoms with Crippen molar-refractivity contribution >= 4 is 10.1 Å². The number of benzene rings is 1. The maximum Gasteiger partial charge on any atom is 0.299 e. The molecule has 0 amide bonds. The molecule has 0 aliphatic heterocycles. The Morgan fingerprint density at radius 3 is 2.76 bits per heavy atom. The summed E-state index contributed by atoms with van der Waals surface area (Å²) in [4.78, 5) is -1.57. The first-order valence-corrected chi connectivity index (χ1v) is 7.14. The van der Waals surface area contributed by atoms with Crippen molar-refractivity contribution in [1.29, 1.82) is 0 Å². The molecule has 0 saturated carbocycles. The fourth-order valence-electron chi connectivity index (χ4n) is 2.48. The Bertz CT molecular complexity index is 509. The van der Waals surface area contributed by atoms with Crippen molar-refractivity contribution in [3.63, 3.8) is 0 Å². The van der Waals surface area contributed by atoms with Gasteiger partial charge in [-0.15, -0.1) is 0 Å². The maximum atomic E-state index is 11.7. The van der Waals surface area contributed by atoms with Crippen molar-refractivity contribution in [1.82, 2.24) is 0 Å². The summed E-state index contributed by atoms with van der Waals surface area (Å²) < 4.78 is 38.3. The predicted molar refractivity (Wildman–Crippen MR) is 64.2 cm³/mol. The highest BCUT2D eigenvalue weighted by atomic mass is 32.2. The second kappa shape index (κ2) is 4.40. The number of rotatable bonds is 3. The summed E-state index contributed by atoms with van der Waals surface area (Å²) in [6.45, 7) is 1.97. The third-order valence-corrected chi connectivity index (χ3v) is 4.55. The van der Waals surface area contributed by atoms with Crippen LogP contribution in [-0.4, -0.2) is 19.6 Å². The van der Waals surface area contributed by atoms with Gasteiger partial charge >= 0.3 is 0 Å². The third kappa shape index (κ3) is 1.99. The quantitative estimate of drug-likeness (QED) is 0.841. The van der Waals surface area contributed by atoms with E-state index in [-0.39, 0.29) is 6.61 Å². The van der Waals surface area contributed by atoms with Crippen LogP contribution in [0.25, 0.3) is 0 Å². The van der Waals surface area contributed by atoms with Crippen molar-refractivity contribution in [3.05, 3.63) is 35.4 Å². The van der Waals surface area contributed by atoms with Crippen molar-refractivity contribution in [3.8, 4) is 0 Å². The molecule has 0 radical (unpaired) electrons. The second-order valence-electron chi connectivity index (χ2n) is 4.17. The zero-order valence-corrected chi connectivity index (χ0v) is 10.5. The van der Waals surface area contributed by atoms with Gasteiger partial charge in [0.15, 0.2) is 0 Å². The highest BCUT2D eigenvalue weighted by Crippen LogP contribution is 2.42. The molecule has 0 saturated heterocycles. The Morgan fingerprint density at radius 1 is 1.41 bits per heavy atom. The van der Waals surface area contributed by atoms with E-state index in [2.05, 4.69) is 0 Å².